The number of halogens is 1. The summed E-state index contributed by atoms with van der Waals surface area (Å²) in [7, 11) is 0. The van der Waals surface area contributed by atoms with E-state index in [1.165, 1.54) is 0 Å². The van der Waals surface area contributed by atoms with Crippen molar-refractivity contribution in [3.63, 3.8) is 0 Å². The van der Waals surface area contributed by atoms with Gasteiger partial charge in [0.15, 0.2) is 0 Å². The average Bonchev–Trinajstić information content (AvgIpc) is 3.09. The van der Waals surface area contributed by atoms with Crippen molar-refractivity contribution in [1.29, 1.82) is 0 Å². The topological polar surface area (TPSA) is 41.5 Å². The van der Waals surface area contributed by atoms with Crippen LogP contribution in [0.3, 0.4) is 0 Å². The van der Waals surface area contributed by atoms with Crippen LogP contribution >= 0.6 is 22.9 Å². The molecule has 2 aromatic carbocycles. The number of benzene rings is 2. The van der Waals surface area contributed by atoms with Gasteiger partial charge in [0.25, 0.3) is 5.91 Å². The number of anilines is 1. The van der Waals surface area contributed by atoms with E-state index in [0.29, 0.717) is 16.4 Å². The van der Waals surface area contributed by atoms with Gasteiger partial charge in [-0.1, -0.05) is 48.0 Å². The summed E-state index contributed by atoms with van der Waals surface area (Å²) in [5.41, 5.74) is 3.53. The Balaban J connectivity index is 1.94. The Bertz CT molecular complexity index is 992. The summed E-state index contributed by atoms with van der Waals surface area (Å²) in [6, 6.07) is 19.1. The highest BCUT2D eigenvalue weighted by Crippen LogP contribution is 2.29. The predicted octanol–water partition coefficient (Wildman–Crippen LogP) is 5.23. The van der Waals surface area contributed by atoms with E-state index in [2.05, 4.69) is 5.32 Å². The van der Waals surface area contributed by atoms with Crippen molar-refractivity contribution in [2.75, 3.05) is 5.32 Å². The molecular formula is C20H13ClN2OS. The van der Waals surface area contributed by atoms with Gasteiger partial charge in [-0.15, -0.1) is 11.3 Å². The van der Waals surface area contributed by atoms with E-state index in [9.17, 15) is 4.79 Å². The molecule has 0 aliphatic carbocycles. The van der Waals surface area contributed by atoms with E-state index in [4.69, 9.17) is 16.6 Å². The molecule has 1 N–H and O–H groups in total. The minimum atomic E-state index is -0.233. The fourth-order valence-corrected chi connectivity index (χ4v) is 3.48. The van der Waals surface area contributed by atoms with E-state index in [-0.39, 0.29) is 5.91 Å². The fourth-order valence-electron chi connectivity index (χ4n) is 2.66. The summed E-state index contributed by atoms with van der Waals surface area (Å²) >= 11 is 7.75. The minimum absolute atomic E-state index is 0.233. The Morgan fingerprint density at radius 3 is 2.64 bits per heavy atom. The van der Waals surface area contributed by atoms with Crippen molar-refractivity contribution >= 4 is 46.3 Å². The monoisotopic (exact) mass is 364 g/mol. The SMILES string of the molecule is O=C1Nc2ccc(Cl)cc2C(c2ccccc2)=N/C1=C\c1cccs1. The molecule has 0 atom stereocenters. The number of nitrogens with one attached hydrogen (secondary N) is 1. The molecule has 122 valence electrons. The first-order valence-corrected chi connectivity index (χ1v) is 8.97. The van der Waals surface area contributed by atoms with Crippen LogP contribution < -0.4 is 5.32 Å². The van der Waals surface area contributed by atoms with Crippen LogP contribution in [-0.2, 0) is 4.79 Å². The minimum Gasteiger partial charge on any atom is -0.320 e. The largest absolute Gasteiger partial charge is 0.320 e. The normalized spacial score (nSPS) is 15.3. The number of benzodiazepines with no additional fused rings is 1. The van der Waals surface area contributed by atoms with Crippen molar-refractivity contribution in [1.82, 2.24) is 0 Å². The molecule has 2 heterocycles. The number of carbonyl (C=O) groups is 1. The summed E-state index contributed by atoms with van der Waals surface area (Å²) in [5, 5.41) is 5.51. The summed E-state index contributed by atoms with van der Waals surface area (Å²) in [5.74, 6) is -0.233. The van der Waals surface area contributed by atoms with Gasteiger partial charge in [-0.3, -0.25) is 4.79 Å². The van der Waals surface area contributed by atoms with Gasteiger partial charge >= 0.3 is 0 Å². The van der Waals surface area contributed by atoms with Crippen molar-refractivity contribution in [3.05, 3.63) is 92.8 Å². The van der Waals surface area contributed by atoms with Crippen LogP contribution in [0.5, 0.6) is 0 Å². The molecule has 4 rings (SSSR count). The van der Waals surface area contributed by atoms with Gasteiger partial charge in [-0.05, 0) is 35.7 Å². The van der Waals surface area contributed by atoms with Crippen LogP contribution in [0.2, 0.25) is 5.02 Å². The lowest BCUT2D eigenvalue weighted by molar-refractivity contribution is -0.112. The Morgan fingerprint density at radius 2 is 1.88 bits per heavy atom. The lowest BCUT2D eigenvalue weighted by atomic mass is 10.0. The zero-order chi connectivity index (χ0) is 17.2. The van der Waals surface area contributed by atoms with Gasteiger partial charge < -0.3 is 5.32 Å². The second-order valence-corrected chi connectivity index (χ2v) is 6.93. The molecule has 0 spiro atoms. The molecular weight excluding hydrogens is 352 g/mol. The van der Waals surface area contributed by atoms with Crippen molar-refractivity contribution in [2.45, 2.75) is 0 Å². The van der Waals surface area contributed by atoms with E-state index in [1.54, 1.807) is 23.5 Å². The van der Waals surface area contributed by atoms with Crippen molar-refractivity contribution in [2.24, 2.45) is 4.99 Å². The third-order valence-electron chi connectivity index (χ3n) is 3.82. The number of hydrogen-bond acceptors (Lipinski definition) is 3. The first-order chi connectivity index (χ1) is 12.2. The van der Waals surface area contributed by atoms with Crippen LogP contribution in [-0.4, -0.2) is 11.6 Å². The van der Waals surface area contributed by atoms with Crippen LogP contribution in [0.1, 0.15) is 16.0 Å². The lowest BCUT2D eigenvalue weighted by Crippen LogP contribution is -2.12. The lowest BCUT2D eigenvalue weighted by Gasteiger charge is -2.10. The summed E-state index contributed by atoms with van der Waals surface area (Å²) in [6.45, 7) is 0. The first kappa shape index (κ1) is 15.8. The molecule has 5 heteroatoms. The summed E-state index contributed by atoms with van der Waals surface area (Å²) in [6.07, 6.45) is 1.80. The number of aliphatic imine (C=N–C) groups is 1. The molecule has 3 aromatic rings. The van der Waals surface area contributed by atoms with Gasteiger partial charge in [0.2, 0.25) is 0 Å². The maximum Gasteiger partial charge on any atom is 0.274 e. The number of amides is 1. The summed E-state index contributed by atoms with van der Waals surface area (Å²) < 4.78 is 0. The quantitative estimate of drug-likeness (QED) is 0.621. The molecule has 1 aliphatic heterocycles. The second-order valence-electron chi connectivity index (χ2n) is 5.52. The third kappa shape index (κ3) is 3.27. The summed E-state index contributed by atoms with van der Waals surface area (Å²) in [4.78, 5) is 18.3. The number of carbonyl (C=O) groups excluding carboxylic acids is 1. The highest BCUT2D eigenvalue weighted by molar-refractivity contribution is 7.10. The van der Waals surface area contributed by atoms with Gasteiger partial charge in [0.05, 0.1) is 11.4 Å². The fraction of sp³-hybridized carbons (Fsp3) is 0. The molecule has 0 fully saturated rings. The molecule has 1 amide bonds. The van der Waals surface area contributed by atoms with Gasteiger partial charge in [-0.2, -0.15) is 0 Å². The molecule has 0 saturated heterocycles. The second kappa shape index (κ2) is 6.67. The number of thiophene rings is 1. The van der Waals surface area contributed by atoms with E-state index < -0.39 is 0 Å². The molecule has 0 unspecified atom stereocenters. The maximum atomic E-state index is 12.7. The number of nitrogens with zero attached hydrogens (tertiary/aromatic N) is 1. The molecule has 3 nitrogen and oxygen atoms in total. The van der Waals surface area contributed by atoms with Gasteiger partial charge in [0, 0.05) is 21.0 Å². The maximum absolute atomic E-state index is 12.7. The Hall–Kier alpha value is -2.69. The van der Waals surface area contributed by atoms with Crippen molar-refractivity contribution < 1.29 is 4.79 Å². The smallest absolute Gasteiger partial charge is 0.274 e. The number of hydrogen-bond donors (Lipinski definition) is 1. The standard InChI is InChI=1S/C20H13ClN2OS/c21-14-8-9-17-16(11-14)19(13-5-2-1-3-6-13)22-18(20(24)23-17)12-15-7-4-10-25-15/h1-12H,(H,23,24)/b18-12-. The van der Waals surface area contributed by atoms with E-state index >= 15 is 0 Å². The molecule has 0 bridgehead atoms. The predicted molar refractivity (Wildman–Crippen MR) is 104 cm³/mol. The van der Waals surface area contributed by atoms with Crippen LogP contribution in [0, 0.1) is 0 Å². The Kier molecular flexibility index (Phi) is 4.22. The zero-order valence-corrected chi connectivity index (χ0v) is 14.6. The Morgan fingerprint density at radius 1 is 1.04 bits per heavy atom. The molecule has 25 heavy (non-hydrogen) atoms. The molecule has 0 radical (unpaired) electrons. The van der Waals surface area contributed by atoms with Gasteiger partial charge in [-0.25, -0.2) is 4.99 Å². The van der Waals surface area contributed by atoms with Crippen LogP contribution in [0.25, 0.3) is 6.08 Å². The number of fused-ring (bicyclic) bond motifs is 1. The molecule has 1 aromatic heterocycles. The van der Waals surface area contributed by atoms with Gasteiger partial charge in [0.1, 0.15) is 5.70 Å². The molecule has 1 aliphatic rings. The number of rotatable bonds is 2. The average molecular weight is 365 g/mol. The van der Waals surface area contributed by atoms with Crippen LogP contribution in [0.4, 0.5) is 5.69 Å². The zero-order valence-electron chi connectivity index (χ0n) is 13.1. The Labute approximate surface area is 154 Å². The highest BCUT2D eigenvalue weighted by atomic mass is 35.5. The van der Waals surface area contributed by atoms with Crippen LogP contribution in [0.15, 0.2) is 76.7 Å². The van der Waals surface area contributed by atoms with E-state index in [0.717, 1.165) is 21.7 Å². The first-order valence-electron chi connectivity index (χ1n) is 7.71. The highest BCUT2D eigenvalue weighted by Gasteiger charge is 2.21. The third-order valence-corrected chi connectivity index (χ3v) is 4.87. The van der Waals surface area contributed by atoms with E-state index in [1.807, 2.05) is 60.0 Å². The van der Waals surface area contributed by atoms with Crippen molar-refractivity contribution in [3.8, 4) is 0 Å². The molecule has 0 saturated carbocycles.